The van der Waals surface area contributed by atoms with E-state index in [1.54, 1.807) is 49.6 Å². The highest BCUT2D eigenvalue weighted by molar-refractivity contribution is 7.92. The Morgan fingerprint density at radius 2 is 1.94 bits per heavy atom. The predicted molar refractivity (Wildman–Crippen MR) is 123 cm³/mol. The van der Waals surface area contributed by atoms with Crippen LogP contribution in [0, 0.1) is 0 Å². The number of nitrogens with one attached hydrogen (secondary N) is 1. The summed E-state index contributed by atoms with van der Waals surface area (Å²) in [7, 11) is -2.05. The third-order valence-corrected chi connectivity index (χ3v) is 7.20. The first-order chi connectivity index (χ1) is 15.3. The molecule has 2 aromatic carbocycles. The molecule has 32 heavy (non-hydrogen) atoms. The van der Waals surface area contributed by atoms with Gasteiger partial charge in [-0.1, -0.05) is 17.7 Å². The van der Waals surface area contributed by atoms with Gasteiger partial charge in [-0.05, 0) is 60.5 Å². The van der Waals surface area contributed by atoms with Crippen LogP contribution in [0.1, 0.15) is 39.6 Å². The minimum atomic E-state index is -3.63. The Morgan fingerprint density at radius 3 is 2.59 bits per heavy atom. The lowest BCUT2D eigenvalue weighted by atomic mass is 9.94. The molecule has 0 bridgehead atoms. The number of methoxy groups -OCH3 is 1. The van der Waals surface area contributed by atoms with Crippen molar-refractivity contribution in [1.29, 1.82) is 0 Å². The molecule has 0 aliphatic carbocycles. The Morgan fingerprint density at radius 1 is 1.19 bits per heavy atom. The Labute approximate surface area is 191 Å². The molecule has 168 valence electrons. The average Bonchev–Trinajstić information content (AvgIpc) is 3.36. The zero-order valence-corrected chi connectivity index (χ0v) is 19.0. The van der Waals surface area contributed by atoms with Gasteiger partial charge in [-0.3, -0.25) is 9.52 Å². The van der Waals surface area contributed by atoms with Crippen molar-refractivity contribution in [2.45, 2.75) is 18.9 Å². The summed E-state index contributed by atoms with van der Waals surface area (Å²) in [5.41, 5.74) is 3.43. The average molecular weight is 475 g/mol. The highest BCUT2D eigenvalue weighted by atomic mass is 35.5. The second-order valence-electron chi connectivity index (χ2n) is 7.57. The molecule has 0 saturated heterocycles. The summed E-state index contributed by atoms with van der Waals surface area (Å²) >= 11 is 6.50. The molecule has 3 aromatic rings. The molecule has 1 unspecified atom stereocenters. The SMILES string of the molecule is COc1ccc(C(=O)c2ccc3n2CCC3c2ccc(NS(=O)(=O)CCO)cc2Cl)cc1. The molecular formula is C23H23ClN2O5S. The molecule has 0 fully saturated rings. The van der Waals surface area contributed by atoms with Gasteiger partial charge in [0.1, 0.15) is 5.75 Å². The first kappa shape index (κ1) is 22.4. The fraction of sp³-hybridized carbons (Fsp3) is 0.261. The number of carbonyl (C=O) groups excluding carboxylic acids is 1. The molecule has 4 rings (SSSR count). The van der Waals surface area contributed by atoms with Gasteiger partial charge in [0.25, 0.3) is 0 Å². The summed E-state index contributed by atoms with van der Waals surface area (Å²) in [6.07, 6.45) is 0.786. The van der Waals surface area contributed by atoms with Crippen LogP contribution in [0.15, 0.2) is 54.6 Å². The second-order valence-corrected chi connectivity index (χ2v) is 9.82. The van der Waals surface area contributed by atoms with Gasteiger partial charge in [-0.2, -0.15) is 0 Å². The standard InChI is InChI=1S/C23H23ClN2O5S/c1-31-17-5-2-15(3-6-17)23(28)22-9-8-21-19(10-11-26(21)22)18-7-4-16(14-20(18)24)25-32(29,30)13-12-27/h2-9,14,19,25,27H,10-13H2,1H3. The zero-order chi connectivity index (χ0) is 22.9. The topological polar surface area (TPSA) is 97.6 Å². The maximum atomic E-state index is 13.0. The molecule has 9 heteroatoms. The van der Waals surface area contributed by atoms with Crippen molar-refractivity contribution in [3.8, 4) is 5.75 Å². The van der Waals surface area contributed by atoms with Gasteiger partial charge >= 0.3 is 0 Å². The number of carbonyl (C=O) groups is 1. The highest BCUT2D eigenvalue weighted by Gasteiger charge is 2.29. The summed E-state index contributed by atoms with van der Waals surface area (Å²) in [5, 5.41) is 9.32. The Hall–Kier alpha value is -2.81. The molecule has 1 aromatic heterocycles. The van der Waals surface area contributed by atoms with E-state index in [-0.39, 0.29) is 17.5 Å². The molecule has 1 aliphatic rings. The number of aliphatic hydroxyl groups excluding tert-OH is 1. The second kappa shape index (κ2) is 8.97. The van der Waals surface area contributed by atoms with Crippen LogP contribution in [0.2, 0.25) is 5.02 Å². The van der Waals surface area contributed by atoms with Gasteiger partial charge in [0.2, 0.25) is 15.8 Å². The number of aromatic nitrogens is 1. The van der Waals surface area contributed by atoms with E-state index in [1.165, 1.54) is 0 Å². The summed E-state index contributed by atoms with van der Waals surface area (Å²) in [4.78, 5) is 13.0. The number of anilines is 1. The smallest absolute Gasteiger partial charge is 0.234 e. The molecule has 0 radical (unpaired) electrons. The van der Waals surface area contributed by atoms with Crippen molar-refractivity contribution in [2.24, 2.45) is 0 Å². The number of ether oxygens (including phenoxy) is 1. The fourth-order valence-electron chi connectivity index (χ4n) is 4.07. The summed E-state index contributed by atoms with van der Waals surface area (Å²) < 4.78 is 33.3. The third-order valence-electron chi connectivity index (χ3n) is 5.61. The van der Waals surface area contributed by atoms with E-state index in [2.05, 4.69) is 4.72 Å². The Kier molecular flexibility index (Phi) is 6.28. The largest absolute Gasteiger partial charge is 0.497 e. The molecular weight excluding hydrogens is 452 g/mol. The molecule has 0 spiro atoms. The van der Waals surface area contributed by atoms with Gasteiger partial charge < -0.3 is 14.4 Å². The number of sulfonamides is 1. The number of rotatable bonds is 8. The lowest BCUT2D eigenvalue weighted by molar-refractivity contribution is 0.103. The van der Waals surface area contributed by atoms with Crippen molar-refractivity contribution >= 4 is 33.1 Å². The minimum Gasteiger partial charge on any atom is -0.497 e. The van der Waals surface area contributed by atoms with Crippen LogP contribution in [0.4, 0.5) is 5.69 Å². The first-order valence-electron chi connectivity index (χ1n) is 10.1. The van der Waals surface area contributed by atoms with Gasteiger partial charge in [0.05, 0.1) is 25.2 Å². The van der Waals surface area contributed by atoms with Crippen molar-refractivity contribution < 1.29 is 23.1 Å². The molecule has 1 aliphatic heterocycles. The van der Waals surface area contributed by atoms with Crippen LogP contribution < -0.4 is 9.46 Å². The molecule has 2 heterocycles. The molecule has 2 N–H and O–H groups in total. The van der Waals surface area contributed by atoms with Gasteiger partial charge in [-0.15, -0.1) is 0 Å². The minimum absolute atomic E-state index is 0.00279. The number of fused-ring (bicyclic) bond motifs is 1. The molecule has 0 amide bonds. The van der Waals surface area contributed by atoms with E-state index < -0.39 is 16.6 Å². The Balaban J connectivity index is 1.58. The van der Waals surface area contributed by atoms with Crippen molar-refractivity contribution in [3.05, 3.63) is 82.1 Å². The van der Waals surface area contributed by atoms with Gasteiger partial charge in [0.15, 0.2) is 0 Å². The predicted octanol–water partition coefficient (Wildman–Crippen LogP) is 3.65. The number of ketones is 1. The van der Waals surface area contributed by atoms with Crippen LogP contribution in [0.5, 0.6) is 5.75 Å². The maximum absolute atomic E-state index is 13.0. The van der Waals surface area contributed by atoms with Crippen molar-refractivity contribution in [3.63, 3.8) is 0 Å². The molecule has 7 nitrogen and oxygen atoms in total. The van der Waals surface area contributed by atoms with E-state index >= 15 is 0 Å². The number of hydrogen-bond acceptors (Lipinski definition) is 5. The van der Waals surface area contributed by atoms with Crippen LogP contribution in [0.25, 0.3) is 0 Å². The first-order valence-corrected chi connectivity index (χ1v) is 12.1. The normalized spacial score (nSPS) is 15.4. The quantitative estimate of drug-likeness (QED) is 0.486. The lowest BCUT2D eigenvalue weighted by Gasteiger charge is -2.14. The van der Waals surface area contributed by atoms with E-state index in [1.807, 2.05) is 16.7 Å². The number of nitrogens with zero attached hydrogens (tertiary/aromatic N) is 1. The van der Waals surface area contributed by atoms with Crippen LogP contribution >= 0.6 is 11.6 Å². The van der Waals surface area contributed by atoms with E-state index in [0.717, 1.165) is 17.7 Å². The summed E-state index contributed by atoms with van der Waals surface area (Å²) in [5.74, 6) is 0.258. The summed E-state index contributed by atoms with van der Waals surface area (Å²) in [6.45, 7) is 0.225. The zero-order valence-electron chi connectivity index (χ0n) is 17.4. The van der Waals surface area contributed by atoms with Crippen molar-refractivity contribution in [1.82, 2.24) is 4.57 Å². The van der Waals surface area contributed by atoms with Crippen LogP contribution in [0.3, 0.4) is 0 Å². The van der Waals surface area contributed by atoms with E-state index in [0.29, 0.717) is 34.3 Å². The lowest BCUT2D eigenvalue weighted by Crippen LogP contribution is -2.18. The Bertz CT molecular complexity index is 1250. The number of hydrogen-bond donors (Lipinski definition) is 2. The number of benzene rings is 2. The maximum Gasteiger partial charge on any atom is 0.234 e. The summed E-state index contributed by atoms with van der Waals surface area (Å²) in [6, 6.07) is 15.8. The van der Waals surface area contributed by atoms with Crippen molar-refractivity contribution in [2.75, 3.05) is 24.2 Å². The van der Waals surface area contributed by atoms with Crippen LogP contribution in [-0.4, -0.2) is 43.3 Å². The highest BCUT2D eigenvalue weighted by Crippen LogP contribution is 2.40. The van der Waals surface area contributed by atoms with E-state index in [4.69, 9.17) is 21.4 Å². The molecule has 1 atom stereocenters. The number of aliphatic hydroxyl groups is 1. The van der Waals surface area contributed by atoms with Gasteiger partial charge in [-0.25, -0.2) is 8.42 Å². The molecule has 0 saturated carbocycles. The fourth-order valence-corrected chi connectivity index (χ4v) is 5.21. The van der Waals surface area contributed by atoms with Gasteiger partial charge in [0, 0.05) is 34.4 Å². The van der Waals surface area contributed by atoms with Crippen LogP contribution in [-0.2, 0) is 16.6 Å². The monoisotopic (exact) mass is 474 g/mol. The third kappa shape index (κ3) is 4.39. The number of halogens is 1. The van der Waals surface area contributed by atoms with E-state index in [9.17, 15) is 13.2 Å².